The van der Waals surface area contributed by atoms with E-state index in [0.29, 0.717) is 31.7 Å². The van der Waals surface area contributed by atoms with Crippen LogP contribution in [0.25, 0.3) is 0 Å². The fourth-order valence-corrected chi connectivity index (χ4v) is 5.30. The molecule has 0 unspecified atom stereocenters. The van der Waals surface area contributed by atoms with Crippen LogP contribution in [0.5, 0.6) is 5.75 Å². The van der Waals surface area contributed by atoms with Crippen molar-refractivity contribution < 1.29 is 17.9 Å². The Kier molecular flexibility index (Phi) is 7.15. The van der Waals surface area contributed by atoms with Crippen LogP contribution in [-0.4, -0.2) is 38.3 Å². The lowest BCUT2D eigenvalue weighted by molar-refractivity contribution is -0.120. The summed E-state index contributed by atoms with van der Waals surface area (Å²) in [6.45, 7) is 6.94. The van der Waals surface area contributed by atoms with E-state index in [1.165, 1.54) is 9.87 Å². The van der Waals surface area contributed by atoms with E-state index in [2.05, 4.69) is 12.2 Å². The average Bonchev–Trinajstić information content (AvgIpc) is 2.76. The Morgan fingerprint density at radius 2 is 1.90 bits per heavy atom. The number of rotatable bonds is 7. The van der Waals surface area contributed by atoms with Gasteiger partial charge in [0.1, 0.15) is 5.75 Å². The van der Waals surface area contributed by atoms with Crippen LogP contribution in [0.1, 0.15) is 37.8 Å². The molecule has 1 N–H and O–H groups in total. The second-order valence-corrected chi connectivity index (χ2v) is 9.54. The van der Waals surface area contributed by atoms with Crippen LogP contribution in [0.3, 0.4) is 0 Å². The number of piperidine rings is 1. The fraction of sp³-hybridized carbons (Fsp3) is 0.435. The van der Waals surface area contributed by atoms with Crippen molar-refractivity contribution >= 4 is 21.6 Å². The first-order valence-electron chi connectivity index (χ1n) is 10.5. The second kappa shape index (κ2) is 9.62. The molecular formula is C23H30N2O4S. The first-order valence-corrected chi connectivity index (χ1v) is 11.9. The van der Waals surface area contributed by atoms with E-state index >= 15 is 0 Å². The van der Waals surface area contributed by atoms with Gasteiger partial charge in [0.15, 0.2) is 0 Å². The highest BCUT2D eigenvalue weighted by Crippen LogP contribution is 2.28. The highest BCUT2D eigenvalue weighted by atomic mass is 32.2. The molecule has 7 heteroatoms. The van der Waals surface area contributed by atoms with Crippen LogP contribution in [0.4, 0.5) is 5.69 Å². The first kappa shape index (κ1) is 22.3. The summed E-state index contributed by atoms with van der Waals surface area (Å²) in [5.41, 5.74) is 2.72. The summed E-state index contributed by atoms with van der Waals surface area (Å²) in [7, 11) is -3.67. The lowest BCUT2D eigenvalue weighted by Crippen LogP contribution is -2.43. The number of hydrogen-bond acceptors (Lipinski definition) is 4. The molecule has 162 valence electrons. The number of benzene rings is 2. The molecule has 2 aromatic carbocycles. The maximum absolute atomic E-state index is 13.2. The molecule has 0 radical (unpaired) electrons. The third-order valence-electron chi connectivity index (χ3n) is 5.47. The van der Waals surface area contributed by atoms with Crippen molar-refractivity contribution in [1.82, 2.24) is 4.31 Å². The minimum absolute atomic E-state index is 0.137. The quantitative estimate of drug-likeness (QED) is 0.721. The van der Waals surface area contributed by atoms with Crippen molar-refractivity contribution in [3.8, 4) is 5.75 Å². The number of ether oxygens (including phenoxy) is 1. The topological polar surface area (TPSA) is 75.7 Å². The molecule has 0 spiro atoms. The molecule has 1 saturated heterocycles. The third-order valence-corrected chi connectivity index (χ3v) is 7.33. The number of anilines is 1. The smallest absolute Gasteiger partial charge is 0.243 e. The zero-order valence-corrected chi connectivity index (χ0v) is 18.7. The summed E-state index contributed by atoms with van der Waals surface area (Å²) in [6.07, 6.45) is 2.27. The van der Waals surface area contributed by atoms with E-state index in [0.717, 1.165) is 17.7 Å². The molecule has 1 aliphatic heterocycles. The highest BCUT2D eigenvalue weighted by molar-refractivity contribution is 7.89. The zero-order chi connectivity index (χ0) is 21.7. The summed E-state index contributed by atoms with van der Waals surface area (Å²) in [6, 6.07) is 12.7. The van der Waals surface area contributed by atoms with Crippen molar-refractivity contribution in [2.24, 2.45) is 5.92 Å². The first-order chi connectivity index (χ1) is 14.3. The van der Waals surface area contributed by atoms with Crippen molar-refractivity contribution in [3.63, 3.8) is 0 Å². The van der Waals surface area contributed by atoms with Crippen LogP contribution in [0.15, 0.2) is 47.4 Å². The number of aryl methyl sites for hydroxylation is 2. The van der Waals surface area contributed by atoms with Gasteiger partial charge in [0, 0.05) is 18.8 Å². The van der Waals surface area contributed by atoms with Gasteiger partial charge in [0.05, 0.1) is 17.4 Å². The Balaban J connectivity index is 1.71. The maximum Gasteiger partial charge on any atom is 0.243 e. The fourth-order valence-electron chi connectivity index (χ4n) is 3.69. The number of nitrogens with one attached hydrogen (secondary N) is 1. The maximum atomic E-state index is 13.2. The van der Waals surface area contributed by atoms with Crippen LogP contribution < -0.4 is 10.1 Å². The summed E-state index contributed by atoms with van der Waals surface area (Å²) >= 11 is 0. The number of nitrogens with zero attached hydrogens (tertiary/aromatic N) is 1. The van der Waals surface area contributed by atoms with Gasteiger partial charge in [-0.05, 0) is 74.6 Å². The van der Waals surface area contributed by atoms with Gasteiger partial charge in [0.25, 0.3) is 0 Å². The minimum Gasteiger partial charge on any atom is -0.494 e. The minimum atomic E-state index is -3.67. The lowest BCUT2D eigenvalue weighted by atomic mass is 9.98. The highest BCUT2D eigenvalue weighted by Gasteiger charge is 2.33. The largest absolute Gasteiger partial charge is 0.494 e. The van der Waals surface area contributed by atoms with Crippen LogP contribution >= 0.6 is 0 Å². The molecule has 1 aliphatic rings. The molecule has 6 nitrogen and oxygen atoms in total. The van der Waals surface area contributed by atoms with Crippen LogP contribution in [0, 0.1) is 12.8 Å². The lowest BCUT2D eigenvalue weighted by Gasteiger charge is -2.31. The van der Waals surface area contributed by atoms with E-state index in [1.807, 2.05) is 38.1 Å². The van der Waals surface area contributed by atoms with Gasteiger partial charge in [-0.15, -0.1) is 0 Å². The summed E-state index contributed by atoms with van der Waals surface area (Å²) in [4.78, 5) is 13.0. The summed E-state index contributed by atoms with van der Waals surface area (Å²) < 4.78 is 33.3. The number of sulfonamides is 1. The molecule has 30 heavy (non-hydrogen) atoms. The number of carbonyl (C=O) groups is 1. The van der Waals surface area contributed by atoms with Crippen LogP contribution in [0.2, 0.25) is 0 Å². The predicted octanol–water partition coefficient (Wildman–Crippen LogP) is 4.00. The monoisotopic (exact) mass is 430 g/mol. The third kappa shape index (κ3) is 5.02. The normalized spacial score (nSPS) is 17.5. The van der Waals surface area contributed by atoms with Crippen LogP contribution in [-0.2, 0) is 21.2 Å². The van der Waals surface area contributed by atoms with Gasteiger partial charge in [0.2, 0.25) is 15.9 Å². The number of amides is 1. The Morgan fingerprint density at radius 1 is 1.17 bits per heavy atom. The van der Waals surface area contributed by atoms with Crippen molar-refractivity contribution in [2.75, 3.05) is 25.0 Å². The number of carbonyl (C=O) groups excluding carboxylic acids is 1. The van der Waals surface area contributed by atoms with Crippen molar-refractivity contribution in [1.29, 1.82) is 0 Å². The molecule has 0 aromatic heterocycles. The molecule has 3 rings (SSSR count). The summed E-state index contributed by atoms with van der Waals surface area (Å²) in [5.74, 6) is 0.173. The second-order valence-electron chi connectivity index (χ2n) is 7.60. The Morgan fingerprint density at radius 3 is 2.53 bits per heavy atom. The zero-order valence-electron chi connectivity index (χ0n) is 17.8. The van der Waals surface area contributed by atoms with E-state index < -0.39 is 10.0 Å². The van der Waals surface area contributed by atoms with Gasteiger partial charge in [-0.2, -0.15) is 4.31 Å². The number of hydrogen-bond donors (Lipinski definition) is 1. The van der Waals surface area contributed by atoms with Gasteiger partial charge < -0.3 is 10.1 Å². The molecule has 1 atom stereocenters. The van der Waals surface area contributed by atoms with E-state index in [1.54, 1.807) is 18.2 Å². The van der Waals surface area contributed by atoms with E-state index in [-0.39, 0.29) is 23.3 Å². The molecule has 0 saturated carbocycles. The van der Waals surface area contributed by atoms with E-state index in [4.69, 9.17) is 4.74 Å². The van der Waals surface area contributed by atoms with Crippen molar-refractivity contribution in [2.45, 2.75) is 44.9 Å². The van der Waals surface area contributed by atoms with Gasteiger partial charge in [-0.3, -0.25) is 4.79 Å². The Bertz CT molecular complexity index is 987. The molecular weight excluding hydrogens is 400 g/mol. The predicted molar refractivity (Wildman–Crippen MR) is 118 cm³/mol. The van der Waals surface area contributed by atoms with Gasteiger partial charge in [-0.1, -0.05) is 19.1 Å². The molecule has 0 aliphatic carbocycles. The molecule has 0 bridgehead atoms. The molecule has 1 amide bonds. The Hall–Kier alpha value is -2.38. The van der Waals surface area contributed by atoms with E-state index in [9.17, 15) is 13.2 Å². The average molecular weight is 431 g/mol. The van der Waals surface area contributed by atoms with Crippen molar-refractivity contribution in [3.05, 3.63) is 53.6 Å². The van der Waals surface area contributed by atoms with Gasteiger partial charge in [-0.25, -0.2) is 8.42 Å². The Labute approximate surface area is 179 Å². The van der Waals surface area contributed by atoms with Gasteiger partial charge >= 0.3 is 0 Å². The standard InChI is InChI=1S/C23H30N2O4S/c1-4-18-8-10-20(11-9-18)24-23(26)19-7-6-14-25(16-19)30(27,28)21-12-13-22(29-5-2)17(3)15-21/h8-13,15,19H,4-7,14,16H2,1-3H3,(H,24,26)/t19-/m1/s1. The molecule has 1 heterocycles. The molecule has 1 fully saturated rings. The summed E-state index contributed by atoms with van der Waals surface area (Å²) in [5, 5.41) is 2.93. The molecule has 2 aromatic rings. The SMILES string of the molecule is CCOc1ccc(S(=O)(=O)N2CCC[C@@H](C(=O)Nc3ccc(CC)cc3)C2)cc1C.